The summed E-state index contributed by atoms with van der Waals surface area (Å²) in [5.74, 6) is 0.367. The second-order valence-electron chi connectivity index (χ2n) is 4.69. The summed E-state index contributed by atoms with van der Waals surface area (Å²) < 4.78 is 1.01. The van der Waals surface area contributed by atoms with Gasteiger partial charge in [0.2, 0.25) is 0 Å². The predicted molar refractivity (Wildman–Crippen MR) is 64.9 cm³/mol. The van der Waals surface area contributed by atoms with Crippen LogP contribution in [0.1, 0.15) is 25.3 Å². The van der Waals surface area contributed by atoms with E-state index in [9.17, 15) is 5.11 Å². The summed E-state index contributed by atoms with van der Waals surface area (Å²) in [6.07, 6.45) is 2.65. The van der Waals surface area contributed by atoms with Crippen LogP contribution < -0.4 is 5.32 Å². The fraction of sp³-hybridized carbons (Fsp3) is 0.500. The molecule has 0 heterocycles. The summed E-state index contributed by atoms with van der Waals surface area (Å²) >= 11 is 3.40. The Balaban J connectivity index is 1.89. The van der Waals surface area contributed by atoms with Gasteiger partial charge in [-0.2, -0.15) is 0 Å². The third kappa shape index (κ3) is 2.95. The molecule has 0 atom stereocenters. The lowest BCUT2D eigenvalue weighted by Crippen LogP contribution is -2.21. The first-order valence-electron chi connectivity index (χ1n) is 5.27. The molecule has 1 fully saturated rings. The van der Waals surface area contributed by atoms with E-state index in [1.807, 2.05) is 12.1 Å². The maximum absolute atomic E-state index is 9.62. The molecule has 0 aliphatic heterocycles. The van der Waals surface area contributed by atoms with E-state index in [0.717, 1.165) is 23.1 Å². The molecular weight excluding hydrogens is 254 g/mol. The van der Waals surface area contributed by atoms with Crippen molar-refractivity contribution in [1.29, 1.82) is 0 Å². The van der Waals surface area contributed by atoms with E-state index in [1.54, 1.807) is 6.07 Å². The number of hydrogen-bond acceptors (Lipinski definition) is 2. The zero-order valence-corrected chi connectivity index (χ0v) is 10.5. The average molecular weight is 270 g/mol. The fourth-order valence-electron chi connectivity index (χ4n) is 1.58. The minimum atomic E-state index is 0.367. The molecule has 0 amide bonds. The lowest BCUT2D eigenvalue weighted by atomic mass is 10.1. The van der Waals surface area contributed by atoms with Crippen molar-refractivity contribution < 1.29 is 5.11 Å². The van der Waals surface area contributed by atoms with Crippen molar-refractivity contribution in [2.75, 3.05) is 6.54 Å². The number of phenolic OH excluding ortho intramolecular Hbond substituents is 1. The van der Waals surface area contributed by atoms with Gasteiger partial charge in [-0.3, -0.25) is 0 Å². The third-order valence-electron chi connectivity index (χ3n) is 3.01. The highest BCUT2D eigenvalue weighted by molar-refractivity contribution is 9.10. The van der Waals surface area contributed by atoms with Gasteiger partial charge in [-0.15, -0.1) is 0 Å². The van der Waals surface area contributed by atoms with Gasteiger partial charge in [-0.1, -0.05) is 22.9 Å². The first kappa shape index (κ1) is 11.0. The van der Waals surface area contributed by atoms with Gasteiger partial charge in [-0.05, 0) is 36.5 Å². The summed E-state index contributed by atoms with van der Waals surface area (Å²) in [4.78, 5) is 0. The van der Waals surface area contributed by atoms with Gasteiger partial charge in [0.15, 0.2) is 0 Å². The molecule has 1 aliphatic rings. The van der Waals surface area contributed by atoms with E-state index in [4.69, 9.17) is 0 Å². The Hall–Kier alpha value is -0.540. The lowest BCUT2D eigenvalue weighted by Gasteiger charge is -2.11. The van der Waals surface area contributed by atoms with E-state index in [0.29, 0.717) is 11.2 Å². The number of nitrogens with one attached hydrogen (secondary N) is 1. The van der Waals surface area contributed by atoms with E-state index in [1.165, 1.54) is 12.8 Å². The second kappa shape index (κ2) is 4.14. The molecule has 1 aromatic carbocycles. The number of aromatic hydroxyl groups is 1. The average Bonchev–Trinajstić information content (AvgIpc) is 2.90. The lowest BCUT2D eigenvalue weighted by molar-refractivity contribution is 0.455. The summed E-state index contributed by atoms with van der Waals surface area (Å²) in [5, 5.41) is 13.0. The molecule has 82 valence electrons. The molecule has 1 aromatic rings. The van der Waals surface area contributed by atoms with Crippen molar-refractivity contribution in [2.45, 2.75) is 26.3 Å². The van der Waals surface area contributed by atoms with Crippen molar-refractivity contribution in [3.8, 4) is 5.75 Å². The Kier molecular flexibility index (Phi) is 3.03. The first-order valence-corrected chi connectivity index (χ1v) is 6.06. The standard InChI is InChI=1S/C12H16BrNO/c1-12(4-5-12)8-14-7-9-6-10(13)2-3-11(9)15/h2-3,6,14-15H,4-5,7-8H2,1H3. The Morgan fingerprint density at radius 3 is 2.87 bits per heavy atom. The quantitative estimate of drug-likeness (QED) is 0.881. The summed E-state index contributed by atoms with van der Waals surface area (Å²) in [6.45, 7) is 4.07. The number of benzene rings is 1. The Labute approximate surface area is 98.8 Å². The monoisotopic (exact) mass is 269 g/mol. The highest BCUT2D eigenvalue weighted by Crippen LogP contribution is 2.44. The van der Waals surface area contributed by atoms with Gasteiger partial charge in [0.25, 0.3) is 0 Å². The molecule has 0 aromatic heterocycles. The number of phenols is 1. The van der Waals surface area contributed by atoms with Gasteiger partial charge < -0.3 is 10.4 Å². The molecule has 2 N–H and O–H groups in total. The van der Waals surface area contributed by atoms with Crippen molar-refractivity contribution in [1.82, 2.24) is 5.32 Å². The van der Waals surface area contributed by atoms with E-state index < -0.39 is 0 Å². The minimum Gasteiger partial charge on any atom is -0.508 e. The normalized spacial score (nSPS) is 17.7. The molecule has 0 spiro atoms. The molecular formula is C12H16BrNO. The van der Waals surface area contributed by atoms with E-state index >= 15 is 0 Å². The van der Waals surface area contributed by atoms with Crippen LogP contribution in [0.3, 0.4) is 0 Å². The fourth-order valence-corrected chi connectivity index (χ4v) is 1.99. The molecule has 2 rings (SSSR count). The molecule has 2 nitrogen and oxygen atoms in total. The van der Waals surface area contributed by atoms with Gasteiger partial charge in [0, 0.05) is 23.1 Å². The Morgan fingerprint density at radius 2 is 2.20 bits per heavy atom. The highest BCUT2D eigenvalue weighted by Gasteiger charge is 2.36. The maximum atomic E-state index is 9.62. The van der Waals surface area contributed by atoms with Crippen LogP contribution in [-0.4, -0.2) is 11.7 Å². The molecule has 0 radical (unpaired) electrons. The van der Waals surface area contributed by atoms with E-state index in [2.05, 4.69) is 28.2 Å². The van der Waals surface area contributed by atoms with Crippen molar-refractivity contribution in [2.24, 2.45) is 5.41 Å². The SMILES string of the molecule is CC1(CNCc2cc(Br)ccc2O)CC1. The van der Waals surface area contributed by atoms with Crippen molar-refractivity contribution >= 4 is 15.9 Å². The van der Waals surface area contributed by atoms with Crippen LogP contribution in [0.5, 0.6) is 5.75 Å². The largest absolute Gasteiger partial charge is 0.508 e. The predicted octanol–water partition coefficient (Wildman–Crippen LogP) is 3.04. The van der Waals surface area contributed by atoms with Crippen molar-refractivity contribution in [3.05, 3.63) is 28.2 Å². The number of rotatable bonds is 4. The Morgan fingerprint density at radius 1 is 1.47 bits per heavy atom. The summed E-state index contributed by atoms with van der Waals surface area (Å²) in [7, 11) is 0. The zero-order chi connectivity index (χ0) is 10.9. The molecule has 0 saturated heterocycles. The van der Waals surface area contributed by atoms with Gasteiger partial charge in [0.1, 0.15) is 5.75 Å². The van der Waals surface area contributed by atoms with Gasteiger partial charge >= 0.3 is 0 Å². The highest BCUT2D eigenvalue weighted by atomic mass is 79.9. The van der Waals surface area contributed by atoms with Crippen LogP contribution in [0.4, 0.5) is 0 Å². The molecule has 15 heavy (non-hydrogen) atoms. The van der Waals surface area contributed by atoms with Crippen LogP contribution in [0, 0.1) is 5.41 Å². The summed E-state index contributed by atoms with van der Waals surface area (Å²) in [6, 6.07) is 5.53. The third-order valence-corrected chi connectivity index (χ3v) is 3.51. The van der Waals surface area contributed by atoms with Gasteiger partial charge in [-0.25, -0.2) is 0 Å². The number of halogens is 1. The van der Waals surface area contributed by atoms with Crippen LogP contribution >= 0.6 is 15.9 Å². The maximum Gasteiger partial charge on any atom is 0.120 e. The molecule has 0 unspecified atom stereocenters. The van der Waals surface area contributed by atoms with Crippen LogP contribution in [0.25, 0.3) is 0 Å². The van der Waals surface area contributed by atoms with Gasteiger partial charge in [0.05, 0.1) is 0 Å². The zero-order valence-electron chi connectivity index (χ0n) is 8.89. The van der Waals surface area contributed by atoms with E-state index in [-0.39, 0.29) is 0 Å². The smallest absolute Gasteiger partial charge is 0.120 e. The Bertz CT molecular complexity index is 361. The van der Waals surface area contributed by atoms with Crippen LogP contribution in [-0.2, 0) is 6.54 Å². The van der Waals surface area contributed by atoms with Crippen LogP contribution in [0.2, 0.25) is 0 Å². The topological polar surface area (TPSA) is 32.3 Å². The minimum absolute atomic E-state index is 0.367. The molecule has 1 saturated carbocycles. The number of hydrogen-bond donors (Lipinski definition) is 2. The molecule has 3 heteroatoms. The van der Waals surface area contributed by atoms with Crippen LogP contribution in [0.15, 0.2) is 22.7 Å². The molecule has 1 aliphatic carbocycles. The second-order valence-corrected chi connectivity index (χ2v) is 5.60. The van der Waals surface area contributed by atoms with Crippen molar-refractivity contribution in [3.63, 3.8) is 0 Å². The first-order chi connectivity index (χ1) is 7.09. The molecule has 0 bridgehead atoms. The summed E-state index contributed by atoms with van der Waals surface area (Å²) in [5.41, 5.74) is 1.47.